The molecular weight excluding hydrogens is 302 g/mol. The largest absolute Gasteiger partial charge is 0.383 e. The van der Waals surface area contributed by atoms with E-state index < -0.39 is 0 Å². The Bertz CT molecular complexity index is 690. The Morgan fingerprint density at radius 1 is 1.29 bits per heavy atom. The van der Waals surface area contributed by atoms with Crippen molar-refractivity contribution in [2.24, 2.45) is 5.92 Å². The third-order valence-electron chi connectivity index (χ3n) is 4.70. The number of hydrogen-bond acceptors (Lipinski definition) is 4. The molecule has 0 spiro atoms. The zero-order valence-electron chi connectivity index (χ0n) is 13.9. The van der Waals surface area contributed by atoms with Crippen LogP contribution < -0.4 is 5.73 Å². The standard InChI is InChI=1S/C19H23N3O2/c1-24-17-13-22(19(23)16-8-5-10-21-18(16)20)11-9-15(17)12-14-6-3-2-4-7-14/h2-8,10,15,17H,9,11-13H2,1H3,(H2,20,21)/t15-,17+/m1/s1. The number of nitrogen functional groups attached to an aromatic ring is 1. The predicted molar refractivity (Wildman–Crippen MR) is 93.6 cm³/mol. The van der Waals surface area contributed by atoms with Crippen molar-refractivity contribution in [1.82, 2.24) is 9.88 Å². The lowest BCUT2D eigenvalue weighted by Crippen LogP contribution is -2.48. The second-order valence-corrected chi connectivity index (χ2v) is 6.20. The fourth-order valence-corrected chi connectivity index (χ4v) is 3.34. The third-order valence-corrected chi connectivity index (χ3v) is 4.70. The highest BCUT2D eigenvalue weighted by Crippen LogP contribution is 2.25. The van der Waals surface area contributed by atoms with Crippen molar-refractivity contribution in [3.8, 4) is 0 Å². The molecule has 2 aromatic rings. The third kappa shape index (κ3) is 3.57. The quantitative estimate of drug-likeness (QED) is 0.937. The van der Waals surface area contributed by atoms with Gasteiger partial charge in [-0.15, -0.1) is 0 Å². The molecule has 0 saturated carbocycles. The number of methoxy groups -OCH3 is 1. The van der Waals surface area contributed by atoms with Gasteiger partial charge in [-0.25, -0.2) is 4.98 Å². The van der Waals surface area contributed by atoms with Crippen LogP contribution in [0.1, 0.15) is 22.3 Å². The monoisotopic (exact) mass is 325 g/mol. The first-order valence-corrected chi connectivity index (χ1v) is 8.25. The molecule has 1 aliphatic heterocycles. The molecule has 0 bridgehead atoms. The smallest absolute Gasteiger partial charge is 0.257 e. The van der Waals surface area contributed by atoms with Gasteiger partial charge in [0.05, 0.1) is 11.7 Å². The summed E-state index contributed by atoms with van der Waals surface area (Å²) in [4.78, 5) is 18.5. The molecule has 2 heterocycles. The van der Waals surface area contributed by atoms with Gasteiger partial charge < -0.3 is 15.4 Å². The number of pyridine rings is 1. The second kappa shape index (κ2) is 7.45. The summed E-state index contributed by atoms with van der Waals surface area (Å²) in [5.41, 5.74) is 7.61. The zero-order valence-corrected chi connectivity index (χ0v) is 13.9. The van der Waals surface area contributed by atoms with Crippen LogP contribution in [0.2, 0.25) is 0 Å². The number of piperidine rings is 1. The molecule has 1 aliphatic rings. The maximum atomic E-state index is 12.7. The Morgan fingerprint density at radius 3 is 2.79 bits per heavy atom. The van der Waals surface area contributed by atoms with Crippen molar-refractivity contribution in [2.45, 2.75) is 18.9 Å². The highest BCUT2D eigenvalue weighted by molar-refractivity contribution is 5.98. The number of hydrogen-bond donors (Lipinski definition) is 1. The van der Waals surface area contributed by atoms with E-state index in [1.54, 1.807) is 25.4 Å². The summed E-state index contributed by atoms with van der Waals surface area (Å²) in [6, 6.07) is 13.9. The van der Waals surface area contributed by atoms with Gasteiger partial charge in [0.15, 0.2) is 0 Å². The van der Waals surface area contributed by atoms with Gasteiger partial charge in [0.25, 0.3) is 5.91 Å². The Balaban J connectivity index is 1.68. The van der Waals surface area contributed by atoms with E-state index in [9.17, 15) is 4.79 Å². The van der Waals surface area contributed by atoms with Gasteiger partial charge in [0.1, 0.15) is 5.82 Å². The molecule has 5 nitrogen and oxygen atoms in total. The molecule has 0 aliphatic carbocycles. The minimum absolute atomic E-state index is 0.0285. The first-order valence-electron chi connectivity index (χ1n) is 8.25. The highest BCUT2D eigenvalue weighted by atomic mass is 16.5. The number of nitrogens with zero attached hydrogens (tertiary/aromatic N) is 2. The average molecular weight is 325 g/mol. The van der Waals surface area contributed by atoms with Crippen LogP contribution >= 0.6 is 0 Å². The molecule has 3 rings (SSSR count). The molecule has 5 heteroatoms. The number of ether oxygens (including phenoxy) is 1. The van der Waals surface area contributed by atoms with Crippen LogP contribution in [-0.2, 0) is 11.2 Å². The van der Waals surface area contributed by atoms with Crippen LogP contribution in [0, 0.1) is 5.92 Å². The van der Waals surface area contributed by atoms with Gasteiger partial charge in [-0.05, 0) is 36.5 Å². The summed E-state index contributed by atoms with van der Waals surface area (Å²) in [5.74, 6) is 0.622. The first kappa shape index (κ1) is 16.5. The summed E-state index contributed by atoms with van der Waals surface area (Å²) in [7, 11) is 1.72. The summed E-state index contributed by atoms with van der Waals surface area (Å²) in [6.45, 7) is 1.30. The maximum absolute atomic E-state index is 12.7. The van der Waals surface area contributed by atoms with Crippen LogP contribution in [0.5, 0.6) is 0 Å². The summed E-state index contributed by atoms with van der Waals surface area (Å²) >= 11 is 0. The molecule has 126 valence electrons. The fourth-order valence-electron chi connectivity index (χ4n) is 3.34. The molecule has 0 radical (unpaired) electrons. The number of rotatable bonds is 4. The van der Waals surface area contributed by atoms with Crippen LogP contribution in [0.25, 0.3) is 0 Å². The molecule has 2 atom stereocenters. The summed E-state index contributed by atoms with van der Waals surface area (Å²) in [6.07, 6.45) is 3.51. The van der Waals surface area contributed by atoms with Gasteiger partial charge in [0.2, 0.25) is 0 Å². The number of nitrogens with two attached hydrogens (primary N) is 1. The zero-order chi connectivity index (χ0) is 16.9. The SMILES string of the molecule is CO[C@H]1CN(C(=O)c2cccnc2N)CC[C@@H]1Cc1ccccc1. The highest BCUT2D eigenvalue weighted by Gasteiger charge is 2.32. The van der Waals surface area contributed by atoms with Gasteiger partial charge in [-0.3, -0.25) is 4.79 Å². The minimum atomic E-state index is -0.0687. The number of carbonyl (C=O) groups excluding carboxylic acids is 1. The molecule has 2 N–H and O–H groups in total. The van der Waals surface area contributed by atoms with Crippen LogP contribution in [-0.4, -0.2) is 42.1 Å². The fraction of sp³-hybridized carbons (Fsp3) is 0.368. The molecule has 0 unspecified atom stereocenters. The Kier molecular flexibility index (Phi) is 5.11. The minimum Gasteiger partial charge on any atom is -0.383 e. The van der Waals surface area contributed by atoms with E-state index in [4.69, 9.17) is 10.5 Å². The molecule has 1 fully saturated rings. The van der Waals surface area contributed by atoms with E-state index in [1.165, 1.54) is 5.56 Å². The molecule has 1 aromatic carbocycles. The Labute approximate surface area is 142 Å². The Morgan fingerprint density at radius 2 is 2.08 bits per heavy atom. The van der Waals surface area contributed by atoms with Crippen molar-refractivity contribution in [3.63, 3.8) is 0 Å². The van der Waals surface area contributed by atoms with E-state index in [2.05, 4.69) is 29.2 Å². The van der Waals surface area contributed by atoms with E-state index >= 15 is 0 Å². The molecule has 24 heavy (non-hydrogen) atoms. The van der Waals surface area contributed by atoms with Crippen molar-refractivity contribution < 1.29 is 9.53 Å². The molecule has 1 amide bonds. The van der Waals surface area contributed by atoms with E-state index in [0.29, 0.717) is 24.6 Å². The summed E-state index contributed by atoms with van der Waals surface area (Å²) in [5, 5.41) is 0. The lowest BCUT2D eigenvalue weighted by atomic mass is 9.87. The topological polar surface area (TPSA) is 68.5 Å². The average Bonchev–Trinajstić information content (AvgIpc) is 2.63. The van der Waals surface area contributed by atoms with E-state index in [1.807, 2.05) is 11.0 Å². The molecular formula is C19H23N3O2. The number of carbonyl (C=O) groups is 1. The number of benzene rings is 1. The van der Waals surface area contributed by atoms with Crippen LogP contribution in [0.4, 0.5) is 5.82 Å². The van der Waals surface area contributed by atoms with Crippen molar-refractivity contribution in [1.29, 1.82) is 0 Å². The first-order chi connectivity index (χ1) is 11.7. The van der Waals surface area contributed by atoms with Gasteiger partial charge in [-0.2, -0.15) is 0 Å². The lowest BCUT2D eigenvalue weighted by molar-refractivity contribution is -0.00694. The van der Waals surface area contributed by atoms with Gasteiger partial charge in [0, 0.05) is 26.4 Å². The van der Waals surface area contributed by atoms with Crippen molar-refractivity contribution in [3.05, 3.63) is 59.8 Å². The van der Waals surface area contributed by atoms with Crippen molar-refractivity contribution >= 4 is 11.7 Å². The van der Waals surface area contributed by atoms with Crippen LogP contribution in [0.3, 0.4) is 0 Å². The van der Waals surface area contributed by atoms with Crippen LogP contribution in [0.15, 0.2) is 48.7 Å². The van der Waals surface area contributed by atoms with Gasteiger partial charge in [-0.1, -0.05) is 30.3 Å². The van der Waals surface area contributed by atoms with Crippen molar-refractivity contribution in [2.75, 3.05) is 25.9 Å². The Hall–Kier alpha value is -2.40. The maximum Gasteiger partial charge on any atom is 0.257 e. The number of likely N-dealkylation sites (tertiary alicyclic amines) is 1. The normalized spacial score (nSPS) is 20.8. The number of amides is 1. The lowest BCUT2D eigenvalue weighted by Gasteiger charge is -2.38. The molecule has 1 aromatic heterocycles. The van der Waals surface area contributed by atoms with Gasteiger partial charge >= 0.3 is 0 Å². The number of anilines is 1. The summed E-state index contributed by atoms with van der Waals surface area (Å²) < 4.78 is 5.68. The predicted octanol–water partition coefficient (Wildman–Crippen LogP) is 2.38. The second-order valence-electron chi connectivity index (χ2n) is 6.20. The molecule has 1 saturated heterocycles. The number of aromatic nitrogens is 1. The van der Waals surface area contributed by atoms with E-state index in [0.717, 1.165) is 12.8 Å². The van der Waals surface area contributed by atoms with E-state index in [-0.39, 0.29) is 17.8 Å².